The number of aliphatic carboxylic acids is 1. The Morgan fingerprint density at radius 3 is 2.45 bits per heavy atom. The third-order valence-electron chi connectivity index (χ3n) is 3.77. The molecular formula is C17H22O5. The normalized spacial score (nSPS) is 21.4. The molecule has 5 nitrogen and oxygen atoms in total. The van der Waals surface area contributed by atoms with E-state index < -0.39 is 29.7 Å². The molecule has 0 radical (unpaired) electrons. The quantitative estimate of drug-likeness (QED) is 0.818. The van der Waals surface area contributed by atoms with Crippen LogP contribution in [0.25, 0.3) is 0 Å². The molecule has 2 atom stereocenters. The lowest BCUT2D eigenvalue weighted by Crippen LogP contribution is -2.34. The first-order chi connectivity index (χ1) is 10.3. The second-order valence-corrected chi connectivity index (χ2v) is 6.18. The molecule has 0 saturated carbocycles. The number of rotatable bonds is 6. The fourth-order valence-corrected chi connectivity index (χ4v) is 2.61. The van der Waals surface area contributed by atoms with Crippen LogP contribution >= 0.6 is 0 Å². The van der Waals surface area contributed by atoms with E-state index in [9.17, 15) is 14.7 Å². The van der Waals surface area contributed by atoms with Crippen molar-refractivity contribution in [3.8, 4) is 0 Å². The van der Waals surface area contributed by atoms with Gasteiger partial charge in [-0.15, -0.1) is 0 Å². The standard InChI is InChI=1S/C17H22O5/c1-11-7-9-12(10-8-11)5-4-6-13(15(18)19)14-16(20)22-17(2,3)21-14/h7-10,13-14H,4-6H2,1-3H3,(H,18,19)/t13-,14+/m1/s1. The summed E-state index contributed by atoms with van der Waals surface area (Å²) in [6, 6.07) is 8.14. The summed E-state index contributed by atoms with van der Waals surface area (Å²) >= 11 is 0. The van der Waals surface area contributed by atoms with Crippen LogP contribution in [0, 0.1) is 12.8 Å². The van der Waals surface area contributed by atoms with Crippen molar-refractivity contribution in [1.82, 2.24) is 0 Å². The van der Waals surface area contributed by atoms with E-state index in [1.165, 1.54) is 5.56 Å². The number of aryl methyl sites for hydroxylation is 2. The Bertz CT molecular complexity index is 547. The van der Waals surface area contributed by atoms with Gasteiger partial charge in [0.15, 0.2) is 6.10 Å². The summed E-state index contributed by atoms with van der Waals surface area (Å²) < 4.78 is 10.5. The van der Waals surface area contributed by atoms with Gasteiger partial charge in [-0.2, -0.15) is 0 Å². The first kappa shape index (κ1) is 16.5. The zero-order chi connectivity index (χ0) is 16.3. The van der Waals surface area contributed by atoms with Gasteiger partial charge in [0.1, 0.15) is 0 Å². The van der Waals surface area contributed by atoms with Gasteiger partial charge in [0.05, 0.1) is 5.92 Å². The van der Waals surface area contributed by atoms with Gasteiger partial charge in [-0.1, -0.05) is 29.8 Å². The summed E-state index contributed by atoms with van der Waals surface area (Å²) in [4.78, 5) is 23.2. The van der Waals surface area contributed by atoms with Crippen LogP contribution < -0.4 is 0 Å². The van der Waals surface area contributed by atoms with E-state index in [1.54, 1.807) is 13.8 Å². The molecule has 1 fully saturated rings. The smallest absolute Gasteiger partial charge is 0.338 e. The predicted molar refractivity (Wildman–Crippen MR) is 80.3 cm³/mol. The SMILES string of the molecule is Cc1ccc(CCC[C@@H](C(=O)O)[C@@H]2OC(C)(C)OC2=O)cc1. The van der Waals surface area contributed by atoms with Crippen molar-refractivity contribution in [2.75, 3.05) is 0 Å². The maximum Gasteiger partial charge on any atom is 0.338 e. The van der Waals surface area contributed by atoms with Crippen LogP contribution in [-0.4, -0.2) is 28.9 Å². The van der Waals surface area contributed by atoms with E-state index >= 15 is 0 Å². The number of cyclic esters (lactones) is 1. The second kappa shape index (κ2) is 6.48. The van der Waals surface area contributed by atoms with E-state index in [1.807, 2.05) is 31.2 Å². The summed E-state index contributed by atoms with van der Waals surface area (Å²) in [6.07, 6.45) is 0.799. The molecular weight excluding hydrogens is 284 g/mol. The summed E-state index contributed by atoms with van der Waals surface area (Å²) in [6.45, 7) is 5.24. The number of carbonyl (C=O) groups excluding carboxylic acids is 1. The molecule has 1 aliphatic rings. The number of hydrogen-bond donors (Lipinski definition) is 1. The Balaban J connectivity index is 1.94. The Kier molecular flexibility index (Phi) is 4.86. The third kappa shape index (κ3) is 4.07. The fraction of sp³-hybridized carbons (Fsp3) is 0.529. The van der Waals surface area contributed by atoms with Gasteiger partial charge in [0.2, 0.25) is 5.79 Å². The lowest BCUT2D eigenvalue weighted by molar-refractivity contribution is -0.163. The Morgan fingerprint density at radius 2 is 1.95 bits per heavy atom. The first-order valence-electron chi connectivity index (χ1n) is 7.47. The van der Waals surface area contributed by atoms with Crippen molar-refractivity contribution < 1.29 is 24.2 Å². The van der Waals surface area contributed by atoms with Crippen LogP contribution in [0.1, 0.15) is 37.8 Å². The van der Waals surface area contributed by atoms with Crippen LogP contribution in [0.2, 0.25) is 0 Å². The largest absolute Gasteiger partial charge is 0.481 e. The van der Waals surface area contributed by atoms with Crippen molar-refractivity contribution in [1.29, 1.82) is 0 Å². The van der Waals surface area contributed by atoms with Crippen molar-refractivity contribution >= 4 is 11.9 Å². The molecule has 0 unspecified atom stereocenters. The molecule has 0 aliphatic carbocycles. The van der Waals surface area contributed by atoms with Crippen LogP contribution in [0.5, 0.6) is 0 Å². The zero-order valence-electron chi connectivity index (χ0n) is 13.2. The lowest BCUT2D eigenvalue weighted by atomic mass is 9.94. The average molecular weight is 306 g/mol. The second-order valence-electron chi connectivity index (χ2n) is 6.18. The van der Waals surface area contributed by atoms with E-state index in [0.717, 1.165) is 12.0 Å². The molecule has 1 heterocycles. The monoisotopic (exact) mass is 306 g/mol. The summed E-state index contributed by atoms with van der Waals surface area (Å²) in [5.74, 6) is -3.54. The van der Waals surface area contributed by atoms with Crippen molar-refractivity contribution in [2.45, 2.75) is 51.9 Å². The van der Waals surface area contributed by atoms with Gasteiger partial charge < -0.3 is 14.6 Å². The van der Waals surface area contributed by atoms with Crippen molar-refractivity contribution in [3.63, 3.8) is 0 Å². The Labute approximate surface area is 130 Å². The highest BCUT2D eigenvalue weighted by Gasteiger charge is 2.47. The number of benzene rings is 1. The van der Waals surface area contributed by atoms with E-state index in [0.29, 0.717) is 12.8 Å². The molecule has 1 saturated heterocycles. The van der Waals surface area contributed by atoms with Crippen LogP contribution in [-0.2, 0) is 25.5 Å². The number of ether oxygens (including phenoxy) is 2. The molecule has 0 aromatic heterocycles. The van der Waals surface area contributed by atoms with Crippen LogP contribution in [0.4, 0.5) is 0 Å². The van der Waals surface area contributed by atoms with E-state index in [-0.39, 0.29) is 0 Å². The number of esters is 1. The Hall–Kier alpha value is -1.88. The van der Waals surface area contributed by atoms with Crippen LogP contribution in [0.15, 0.2) is 24.3 Å². The summed E-state index contributed by atoms with van der Waals surface area (Å²) in [5, 5.41) is 9.37. The number of carbonyl (C=O) groups is 2. The molecule has 22 heavy (non-hydrogen) atoms. The minimum atomic E-state index is -1.05. The van der Waals surface area contributed by atoms with Crippen LogP contribution in [0.3, 0.4) is 0 Å². The summed E-state index contributed by atoms with van der Waals surface area (Å²) in [7, 11) is 0. The molecule has 2 rings (SSSR count). The highest BCUT2D eigenvalue weighted by atomic mass is 16.8. The van der Waals surface area contributed by atoms with Gasteiger partial charge in [0.25, 0.3) is 0 Å². The summed E-state index contributed by atoms with van der Waals surface area (Å²) in [5.41, 5.74) is 2.35. The molecule has 0 spiro atoms. The fourth-order valence-electron chi connectivity index (χ4n) is 2.61. The molecule has 0 amide bonds. The van der Waals surface area contributed by atoms with Gasteiger partial charge in [-0.3, -0.25) is 4.79 Å². The third-order valence-corrected chi connectivity index (χ3v) is 3.77. The van der Waals surface area contributed by atoms with Crippen molar-refractivity contribution in [3.05, 3.63) is 35.4 Å². The van der Waals surface area contributed by atoms with E-state index in [4.69, 9.17) is 9.47 Å². The Morgan fingerprint density at radius 1 is 1.32 bits per heavy atom. The topological polar surface area (TPSA) is 72.8 Å². The maximum absolute atomic E-state index is 11.8. The molecule has 1 aromatic rings. The number of hydrogen-bond acceptors (Lipinski definition) is 4. The maximum atomic E-state index is 11.8. The van der Waals surface area contributed by atoms with Gasteiger partial charge >= 0.3 is 11.9 Å². The minimum Gasteiger partial charge on any atom is -0.481 e. The number of carboxylic acid groups (broad SMARTS) is 1. The number of carboxylic acids is 1. The van der Waals surface area contributed by atoms with Gasteiger partial charge in [-0.25, -0.2) is 4.79 Å². The van der Waals surface area contributed by atoms with Gasteiger partial charge in [-0.05, 0) is 31.7 Å². The highest BCUT2D eigenvalue weighted by Crippen LogP contribution is 2.30. The lowest BCUT2D eigenvalue weighted by Gasteiger charge is -2.19. The first-order valence-corrected chi connectivity index (χ1v) is 7.47. The molecule has 1 aliphatic heterocycles. The van der Waals surface area contributed by atoms with Gasteiger partial charge in [0, 0.05) is 13.8 Å². The molecule has 120 valence electrons. The highest BCUT2D eigenvalue weighted by molar-refractivity contribution is 5.84. The molecule has 5 heteroatoms. The predicted octanol–water partition coefficient (Wildman–Crippen LogP) is 2.70. The molecule has 1 aromatic carbocycles. The molecule has 0 bridgehead atoms. The minimum absolute atomic E-state index is 0.374. The zero-order valence-corrected chi connectivity index (χ0v) is 13.2. The van der Waals surface area contributed by atoms with E-state index in [2.05, 4.69) is 0 Å². The average Bonchev–Trinajstić information content (AvgIpc) is 2.69. The molecule has 1 N–H and O–H groups in total. The van der Waals surface area contributed by atoms with Crippen molar-refractivity contribution in [2.24, 2.45) is 5.92 Å².